The van der Waals surface area contributed by atoms with Gasteiger partial charge in [0.05, 0.1) is 12.1 Å². The molecule has 4 heteroatoms. The van der Waals surface area contributed by atoms with Crippen LogP contribution in [0, 0.1) is 5.92 Å². The van der Waals surface area contributed by atoms with Gasteiger partial charge >= 0.3 is 0 Å². The quantitative estimate of drug-likeness (QED) is 0.595. The molecule has 2 atom stereocenters. The average molecular weight is 209 g/mol. The van der Waals surface area contributed by atoms with Crippen LogP contribution in [0.15, 0.2) is 18.2 Å². The summed E-state index contributed by atoms with van der Waals surface area (Å²) in [6.45, 7) is 0. The molecule has 1 aromatic rings. The third-order valence-corrected chi connectivity index (χ3v) is 2.78. The van der Waals surface area contributed by atoms with Gasteiger partial charge in [-0.15, -0.1) is 0 Å². The van der Waals surface area contributed by atoms with Crippen molar-refractivity contribution in [2.45, 2.75) is 25.0 Å². The van der Waals surface area contributed by atoms with E-state index < -0.39 is 12.1 Å². The first kappa shape index (κ1) is 10.3. The largest absolute Gasteiger partial charge is 0.508 e. The number of aromatic hydroxyl groups is 2. The van der Waals surface area contributed by atoms with Crippen molar-refractivity contribution in [3.63, 3.8) is 0 Å². The van der Waals surface area contributed by atoms with Gasteiger partial charge in [-0.2, -0.15) is 0 Å². The van der Waals surface area contributed by atoms with E-state index in [1.54, 1.807) is 0 Å². The molecule has 15 heavy (non-hydrogen) atoms. The van der Waals surface area contributed by atoms with Gasteiger partial charge in [0, 0.05) is 6.07 Å². The van der Waals surface area contributed by atoms with Gasteiger partial charge in [-0.3, -0.25) is 0 Å². The first-order chi connectivity index (χ1) is 7.08. The highest BCUT2D eigenvalue weighted by atomic mass is 16.3. The molecular formula is C11H15NO3. The van der Waals surface area contributed by atoms with E-state index in [-0.39, 0.29) is 17.4 Å². The number of benzene rings is 1. The minimum absolute atomic E-state index is 0.0385. The molecule has 2 rings (SSSR count). The third-order valence-electron chi connectivity index (χ3n) is 2.78. The molecule has 82 valence electrons. The Bertz CT molecular complexity index is 343. The highest BCUT2D eigenvalue weighted by Crippen LogP contribution is 2.38. The maximum Gasteiger partial charge on any atom is 0.119 e. The fourth-order valence-electron chi connectivity index (χ4n) is 1.74. The summed E-state index contributed by atoms with van der Waals surface area (Å²) in [5, 5.41) is 28.4. The predicted octanol–water partition coefficient (Wildman–Crippen LogP) is 0.868. The zero-order chi connectivity index (χ0) is 11.0. The second-order valence-electron chi connectivity index (χ2n) is 4.14. The Hall–Kier alpha value is -1.26. The minimum Gasteiger partial charge on any atom is -0.508 e. The molecule has 1 saturated carbocycles. The van der Waals surface area contributed by atoms with Gasteiger partial charge in [0.2, 0.25) is 0 Å². The summed E-state index contributed by atoms with van der Waals surface area (Å²) in [5.74, 6) is 0.191. The van der Waals surface area contributed by atoms with Gasteiger partial charge < -0.3 is 21.1 Å². The summed E-state index contributed by atoms with van der Waals surface area (Å²) in [6.07, 6.45) is 1.41. The van der Waals surface area contributed by atoms with E-state index in [0.717, 1.165) is 12.8 Å². The van der Waals surface area contributed by atoms with E-state index in [4.69, 9.17) is 5.73 Å². The van der Waals surface area contributed by atoms with Crippen molar-refractivity contribution in [3.05, 3.63) is 23.8 Å². The van der Waals surface area contributed by atoms with Crippen LogP contribution in [0.25, 0.3) is 0 Å². The van der Waals surface area contributed by atoms with Crippen molar-refractivity contribution in [2.75, 3.05) is 0 Å². The van der Waals surface area contributed by atoms with Crippen molar-refractivity contribution in [3.8, 4) is 11.5 Å². The molecule has 1 aliphatic rings. The highest BCUT2D eigenvalue weighted by molar-refractivity contribution is 5.38. The van der Waals surface area contributed by atoms with Crippen LogP contribution in [0.2, 0.25) is 0 Å². The monoisotopic (exact) mass is 209 g/mol. The van der Waals surface area contributed by atoms with Crippen LogP contribution >= 0.6 is 0 Å². The van der Waals surface area contributed by atoms with Gasteiger partial charge in [-0.1, -0.05) is 0 Å². The number of rotatable bonds is 3. The average Bonchev–Trinajstić information content (AvgIpc) is 2.97. The van der Waals surface area contributed by atoms with Gasteiger partial charge in [0.1, 0.15) is 11.5 Å². The molecule has 0 heterocycles. The van der Waals surface area contributed by atoms with Crippen molar-refractivity contribution in [1.82, 2.24) is 0 Å². The number of aliphatic hydroxyl groups excluding tert-OH is 1. The van der Waals surface area contributed by atoms with E-state index in [0.29, 0.717) is 5.56 Å². The van der Waals surface area contributed by atoms with Crippen LogP contribution in [0.5, 0.6) is 11.5 Å². The Balaban J connectivity index is 2.19. The normalized spacial score (nSPS) is 19.9. The number of hydrogen-bond donors (Lipinski definition) is 4. The summed E-state index contributed by atoms with van der Waals surface area (Å²) in [6, 6.07) is 3.63. The lowest BCUT2D eigenvalue weighted by Gasteiger charge is -2.19. The lowest BCUT2D eigenvalue weighted by molar-refractivity contribution is 0.122. The lowest BCUT2D eigenvalue weighted by Crippen LogP contribution is -2.27. The molecule has 0 aromatic heterocycles. The van der Waals surface area contributed by atoms with E-state index in [1.165, 1.54) is 18.2 Å². The molecular weight excluding hydrogens is 194 g/mol. The molecule has 1 fully saturated rings. The molecule has 0 unspecified atom stereocenters. The number of nitrogens with two attached hydrogens (primary N) is 1. The number of phenols is 2. The SMILES string of the molecule is N[C@H](c1cc(O)cc(O)c1)[C@@H](O)C1CC1. The fourth-order valence-corrected chi connectivity index (χ4v) is 1.74. The molecule has 0 bridgehead atoms. The maximum absolute atomic E-state index is 9.80. The standard InChI is InChI=1S/C11H15NO3/c12-10(11(15)6-1-2-6)7-3-8(13)5-9(14)4-7/h3-6,10-11,13-15H,1-2,12H2/t10-,11+/m1/s1. The molecule has 4 nitrogen and oxygen atoms in total. The van der Waals surface area contributed by atoms with Crippen LogP contribution < -0.4 is 5.73 Å². The summed E-state index contributed by atoms with van der Waals surface area (Å²) in [5.41, 5.74) is 6.41. The molecule has 0 saturated heterocycles. The summed E-state index contributed by atoms with van der Waals surface area (Å²) in [4.78, 5) is 0. The maximum atomic E-state index is 9.80. The molecule has 1 aromatic carbocycles. The lowest BCUT2D eigenvalue weighted by atomic mass is 9.99. The molecule has 0 aliphatic heterocycles. The second kappa shape index (κ2) is 3.72. The predicted molar refractivity (Wildman–Crippen MR) is 55.4 cm³/mol. The van der Waals surface area contributed by atoms with E-state index in [1.807, 2.05) is 0 Å². The van der Waals surface area contributed by atoms with E-state index >= 15 is 0 Å². The van der Waals surface area contributed by atoms with Crippen molar-refractivity contribution in [2.24, 2.45) is 11.7 Å². The topological polar surface area (TPSA) is 86.7 Å². The highest BCUT2D eigenvalue weighted by Gasteiger charge is 2.34. The summed E-state index contributed by atoms with van der Waals surface area (Å²) >= 11 is 0. The minimum atomic E-state index is -0.591. The van der Waals surface area contributed by atoms with Crippen molar-refractivity contribution >= 4 is 0 Å². The first-order valence-electron chi connectivity index (χ1n) is 5.04. The van der Waals surface area contributed by atoms with Crippen LogP contribution in [-0.4, -0.2) is 21.4 Å². The molecule has 0 radical (unpaired) electrons. The summed E-state index contributed by atoms with van der Waals surface area (Å²) < 4.78 is 0. The molecule has 5 N–H and O–H groups in total. The Morgan fingerprint density at radius 2 is 1.67 bits per heavy atom. The molecule has 0 spiro atoms. The number of aliphatic hydroxyl groups is 1. The zero-order valence-corrected chi connectivity index (χ0v) is 8.30. The Morgan fingerprint density at radius 3 is 2.13 bits per heavy atom. The van der Waals surface area contributed by atoms with Crippen LogP contribution in [-0.2, 0) is 0 Å². The smallest absolute Gasteiger partial charge is 0.119 e. The number of hydrogen-bond acceptors (Lipinski definition) is 4. The third kappa shape index (κ3) is 2.22. The Labute approximate surface area is 88.0 Å². The van der Waals surface area contributed by atoms with Crippen molar-refractivity contribution < 1.29 is 15.3 Å². The first-order valence-corrected chi connectivity index (χ1v) is 5.04. The fraction of sp³-hybridized carbons (Fsp3) is 0.455. The molecule has 1 aliphatic carbocycles. The van der Waals surface area contributed by atoms with E-state index in [2.05, 4.69) is 0 Å². The summed E-state index contributed by atoms with van der Waals surface area (Å²) in [7, 11) is 0. The Morgan fingerprint density at radius 1 is 1.13 bits per heavy atom. The Kier molecular flexibility index (Phi) is 2.54. The van der Waals surface area contributed by atoms with Gasteiger partial charge in [0.25, 0.3) is 0 Å². The van der Waals surface area contributed by atoms with E-state index in [9.17, 15) is 15.3 Å². The van der Waals surface area contributed by atoms with Gasteiger partial charge in [-0.25, -0.2) is 0 Å². The van der Waals surface area contributed by atoms with Crippen LogP contribution in [0.1, 0.15) is 24.4 Å². The zero-order valence-electron chi connectivity index (χ0n) is 8.30. The van der Waals surface area contributed by atoms with Gasteiger partial charge in [-0.05, 0) is 36.5 Å². The van der Waals surface area contributed by atoms with Crippen molar-refractivity contribution in [1.29, 1.82) is 0 Å². The second-order valence-corrected chi connectivity index (χ2v) is 4.14. The number of phenolic OH excluding ortho intramolecular Hbond substituents is 2. The van der Waals surface area contributed by atoms with Crippen LogP contribution in [0.4, 0.5) is 0 Å². The molecule has 0 amide bonds. The van der Waals surface area contributed by atoms with Crippen LogP contribution in [0.3, 0.4) is 0 Å². The van der Waals surface area contributed by atoms with Gasteiger partial charge in [0.15, 0.2) is 0 Å².